The first-order chi connectivity index (χ1) is 16.6. The number of carbonyl (C=O) groups excluding carboxylic acids is 2. The zero-order chi connectivity index (χ0) is 23.5. The lowest BCUT2D eigenvalue weighted by Gasteiger charge is -2.22. The monoisotopic (exact) mass is 456 g/mol. The highest BCUT2D eigenvalue weighted by atomic mass is 16.5. The van der Waals surface area contributed by atoms with Gasteiger partial charge in [0.2, 0.25) is 0 Å². The van der Waals surface area contributed by atoms with Crippen LogP contribution in [0.25, 0.3) is 10.8 Å². The molecule has 0 saturated heterocycles. The van der Waals surface area contributed by atoms with Gasteiger partial charge in [-0.15, -0.1) is 0 Å². The second-order valence-corrected chi connectivity index (χ2v) is 8.93. The Hall–Kier alpha value is -3.67. The summed E-state index contributed by atoms with van der Waals surface area (Å²) in [5.74, 6) is 0.0777. The van der Waals surface area contributed by atoms with E-state index in [0.717, 1.165) is 59.0 Å². The molecule has 6 heteroatoms. The van der Waals surface area contributed by atoms with E-state index in [0.29, 0.717) is 6.42 Å². The fraction of sp³-hybridized carbons (Fsp3) is 0.321. The maximum Gasteiger partial charge on any atom is 0.309 e. The van der Waals surface area contributed by atoms with Crippen molar-refractivity contribution in [1.82, 2.24) is 5.01 Å². The number of rotatable bonds is 6. The fourth-order valence-corrected chi connectivity index (χ4v) is 4.85. The molecular weight excluding hydrogens is 428 g/mol. The summed E-state index contributed by atoms with van der Waals surface area (Å²) in [5, 5.41) is 8.48. The van der Waals surface area contributed by atoms with Gasteiger partial charge in [0, 0.05) is 6.42 Å². The summed E-state index contributed by atoms with van der Waals surface area (Å²) in [7, 11) is 1.63. The average molecular weight is 457 g/mol. The Balaban J connectivity index is 1.40. The van der Waals surface area contributed by atoms with Crippen LogP contribution in [0, 0.1) is 5.92 Å². The number of hydrazone groups is 1. The molecule has 1 unspecified atom stereocenters. The van der Waals surface area contributed by atoms with Gasteiger partial charge in [0.25, 0.3) is 5.91 Å². The maximum absolute atomic E-state index is 13.2. The molecule has 2 aliphatic rings. The molecular formula is C28H28N2O4. The first-order valence-corrected chi connectivity index (χ1v) is 11.8. The summed E-state index contributed by atoms with van der Waals surface area (Å²) in [6.45, 7) is -0.295. The van der Waals surface area contributed by atoms with Crippen LogP contribution in [0.15, 0.2) is 71.8 Å². The van der Waals surface area contributed by atoms with E-state index in [1.807, 2.05) is 42.5 Å². The van der Waals surface area contributed by atoms with Gasteiger partial charge in [-0.25, -0.2) is 5.01 Å². The molecule has 1 aliphatic heterocycles. The zero-order valence-corrected chi connectivity index (χ0v) is 19.3. The SMILES string of the molecule is COc1ccc(C2CC(c3ccc4ccccc4c3)=NN2C(=O)COC(=O)C2CCCC2)cc1. The van der Waals surface area contributed by atoms with Crippen molar-refractivity contribution in [1.29, 1.82) is 0 Å². The highest BCUT2D eigenvalue weighted by molar-refractivity contribution is 6.05. The predicted octanol–water partition coefficient (Wildman–Crippen LogP) is 5.26. The van der Waals surface area contributed by atoms with Gasteiger partial charge in [-0.1, -0.05) is 61.4 Å². The third kappa shape index (κ3) is 4.53. The third-order valence-electron chi connectivity index (χ3n) is 6.78. The van der Waals surface area contributed by atoms with Crippen molar-refractivity contribution in [3.8, 4) is 5.75 Å². The quantitative estimate of drug-likeness (QED) is 0.475. The van der Waals surface area contributed by atoms with Gasteiger partial charge in [0.15, 0.2) is 6.61 Å². The minimum Gasteiger partial charge on any atom is -0.497 e. The highest BCUT2D eigenvalue weighted by Gasteiger charge is 2.34. The average Bonchev–Trinajstić information content (AvgIpc) is 3.58. The lowest BCUT2D eigenvalue weighted by atomic mass is 9.97. The van der Waals surface area contributed by atoms with Crippen molar-refractivity contribution in [2.75, 3.05) is 13.7 Å². The minimum absolute atomic E-state index is 0.0829. The van der Waals surface area contributed by atoms with Gasteiger partial charge < -0.3 is 9.47 Å². The van der Waals surface area contributed by atoms with Crippen LogP contribution in [0.4, 0.5) is 0 Å². The molecule has 1 aliphatic carbocycles. The van der Waals surface area contributed by atoms with E-state index in [1.165, 1.54) is 5.01 Å². The van der Waals surface area contributed by atoms with Crippen LogP contribution in [0.5, 0.6) is 5.75 Å². The molecule has 0 aromatic heterocycles. The van der Waals surface area contributed by atoms with Crippen molar-refractivity contribution >= 4 is 28.4 Å². The lowest BCUT2D eigenvalue weighted by molar-refractivity contribution is -0.156. The Kier molecular flexibility index (Phi) is 6.30. The van der Waals surface area contributed by atoms with Crippen LogP contribution >= 0.6 is 0 Å². The number of carbonyl (C=O) groups is 2. The van der Waals surface area contributed by atoms with Crippen LogP contribution in [-0.2, 0) is 14.3 Å². The highest BCUT2D eigenvalue weighted by Crippen LogP contribution is 2.34. The number of hydrogen-bond acceptors (Lipinski definition) is 5. The second kappa shape index (κ2) is 9.67. The number of methoxy groups -OCH3 is 1. The Morgan fingerprint density at radius 2 is 1.71 bits per heavy atom. The van der Waals surface area contributed by atoms with E-state index in [9.17, 15) is 9.59 Å². The summed E-state index contributed by atoms with van der Waals surface area (Å²) in [4.78, 5) is 25.5. The molecule has 5 rings (SSSR count). The summed E-state index contributed by atoms with van der Waals surface area (Å²) < 4.78 is 10.7. The zero-order valence-electron chi connectivity index (χ0n) is 19.3. The van der Waals surface area contributed by atoms with Crippen LogP contribution < -0.4 is 4.74 Å². The van der Waals surface area contributed by atoms with Gasteiger partial charge in [-0.2, -0.15) is 5.10 Å². The molecule has 0 spiro atoms. The third-order valence-corrected chi connectivity index (χ3v) is 6.78. The van der Waals surface area contributed by atoms with Crippen LogP contribution in [-0.4, -0.2) is 36.3 Å². The number of benzene rings is 3. The molecule has 174 valence electrons. The summed E-state index contributed by atoms with van der Waals surface area (Å²) in [6.07, 6.45) is 4.34. The van der Waals surface area contributed by atoms with Gasteiger partial charge in [0.1, 0.15) is 5.75 Å². The molecule has 1 fully saturated rings. The Morgan fingerprint density at radius 3 is 2.44 bits per heavy atom. The van der Waals surface area contributed by atoms with Crippen molar-refractivity contribution in [3.63, 3.8) is 0 Å². The van der Waals surface area contributed by atoms with Gasteiger partial charge in [-0.05, 0) is 52.9 Å². The lowest BCUT2D eigenvalue weighted by Crippen LogP contribution is -2.32. The molecule has 6 nitrogen and oxygen atoms in total. The Labute approximate surface area is 199 Å². The van der Waals surface area contributed by atoms with Crippen molar-refractivity contribution in [3.05, 3.63) is 77.9 Å². The smallest absolute Gasteiger partial charge is 0.309 e. The number of ether oxygens (including phenoxy) is 2. The van der Waals surface area contributed by atoms with Crippen LogP contribution in [0.2, 0.25) is 0 Å². The van der Waals surface area contributed by atoms with Crippen molar-refractivity contribution in [2.24, 2.45) is 11.0 Å². The van der Waals surface area contributed by atoms with E-state index in [1.54, 1.807) is 7.11 Å². The van der Waals surface area contributed by atoms with E-state index in [-0.39, 0.29) is 30.4 Å². The first kappa shape index (κ1) is 22.1. The van der Waals surface area contributed by atoms with Crippen molar-refractivity contribution in [2.45, 2.75) is 38.1 Å². The molecule has 3 aromatic carbocycles. The van der Waals surface area contributed by atoms with Gasteiger partial charge >= 0.3 is 5.97 Å². The number of nitrogens with zero attached hydrogens (tertiary/aromatic N) is 2. The van der Waals surface area contributed by atoms with Crippen LogP contribution in [0.3, 0.4) is 0 Å². The van der Waals surface area contributed by atoms with E-state index in [4.69, 9.17) is 14.6 Å². The van der Waals surface area contributed by atoms with Gasteiger partial charge in [-0.3, -0.25) is 9.59 Å². The Bertz CT molecular complexity index is 1230. The summed E-state index contributed by atoms with van der Waals surface area (Å²) in [5.41, 5.74) is 2.77. The molecule has 0 radical (unpaired) electrons. The largest absolute Gasteiger partial charge is 0.497 e. The second-order valence-electron chi connectivity index (χ2n) is 8.93. The standard InChI is InChI=1S/C28H28N2O4/c1-33-24-14-12-20(13-15-24)26-17-25(23-11-10-19-6-2-5-9-22(19)16-23)29-30(26)27(31)18-34-28(32)21-7-3-4-8-21/h2,5-6,9-16,21,26H,3-4,7-8,17-18H2,1H3. The maximum atomic E-state index is 13.2. The number of hydrogen-bond donors (Lipinski definition) is 0. The van der Waals surface area contributed by atoms with Crippen LogP contribution in [0.1, 0.15) is 49.3 Å². The molecule has 1 saturated carbocycles. The summed E-state index contributed by atoms with van der Waals surface area (Å²) in [6, 6.07) is 21.8. The topological polar surface area (TPSA) is 68.2 Å². The fourth-order valence-electron chi connectivity index (χ4n) is 4.85. The summed E-state index contributed by atoms with van der Waals surface area (Å²) >= 11 is 0. The predicted molar refractivity (Wildman–Crippen MR) is 131 cm³/mol. The molecule has 0 N–H and O–H groups in total. The van der Waals surface area contributed by atoms with E-state index < -0.39 is 0 Å². The molecule has 1 atom stereocenters. The molecule has 1 heterocycles. The normalized spacial score (nSPS) is 18.2. The van der Waals surface area contributed by atoms with E-state index in [2.05, 4.69) is 24.3 Å². The number of amides is 1. The number of esters is 1. The van der Waals surface area contributed by atoms with E-state index >= 15 is 0 Å². The molecule has 3 aromatic rings. The molecule has 0 bridgehead atoms. The molecule has 34 heavy (non-hydrogen) atoms. The number of fused-ring (bicyclic) bond motifs is 1. The molecule has 1 amide bonds. The van der Waals surface area contributed by atoms with Gasteiger partial charge in [0.05, 0.1) is 24.8 Å². The first-order valence-electron chi connectivity index (χ1n) is 11.8. The Morgan fingerprint density at radius 1 is 0.971 bits per heavy atom. The van der Waals surface area contributed by atoms with Crippen molar-refractivity contribution < 1.29 is 19.1 Å². The minimum atomic E-state index is -0.317.